The first-order valence-corrected chi connectivity index (χ1v) is 12.2. The summed E-state index contributed by atoms with van der Waals surface area (Å²) in [5.41, 5.74) is 0. The van der Waals surface area contributed by atoms with E-state index < -0.39 is 36.2 Å². The monoisotopic (exact) mass is 479 g/mol. The highest BCUT2D eigenvalue weighted by Gasteiger charge is 2.59. The van der Waals surface area contributed by atoms with E-state index in [0.29, 0.717) is 13.2 Å². The first-order chi connectivity index (χ1) is 16.2. The molecule has 4 saturated heterocycles. The van der Waals surface area contributed by atoms with Crippen LogP contribution in [0.1, 0.15) is 27.7 Å². The normalized spacial score (nSPS) is 36.0. The van der Waals surface area contributed by atoms with Crippen LogP contribution in [0.3, 0.4) is 0 Å². The lowest BCUT2D eigenvalue weighted by molar-refractivity contribution is -0.237. The van der Waals surface area contributed by atoms with Gasteiger partial charge in [0.15, 0.2) is 17.9 Å². The number of aromatic nitrogens is 1. The van der Waals surface area contributed by atoms with Gasteiger partial charge in [0.1, 0.15) is 30.2 Å². The van der Waals surface area contributed by atoms with Crippen LogP contribution in [0.2, 0.25) is 0 Å². The Hall–Kier alpha value is -1.37. The fourth-order valence-corrected chi connectivity index (χ4v) is 5.14. The maximum absolute atomic E-state index is 10.8. The van der Waals surface area contributed by atoms with Crippen LogP contribution in [0, 0.1) is 0 Å². The third-order valence-corrected chi connectivity index (χ3v) is 6.72. The SMILES string of the molecule is CC1(C)O[C@H]2O[C@H]([C@H]3COC(C)(C)O3)[C@H](OC[C@@H](O)CN3CCN(c4ccccn4)CC3)[C@H]2O1. The maximum Gasteiger partial charge on any atom is 0.190 e. The summed E-state index contributed by atoms with van der Waals surface area (Å²) in [5, 5.41) is 10.8. The predicted molar refractivity (Wildman–Crippen MR) is 122 cm³/mol. The van der Waals surface area contributed by atoms with E-state index in [1.54, 1.807) is 0 Å². The van der Waals surface area contributed by atoms with E-state index in [0.717, 1.165) is 32.0 Å². The molecule has 0 saturated carbocycles. The molecule has 10 nitrogen and oxygen atoms in total. The van der Waals surface area contributed by atoms with Crippen molar-refractivity contribution in [1.82, 2.24) is 9.88 Å². The molecule has 1 aromatic heterocycles. The van der Waals surface area contributed by atoms with Crippen LogP contribution in [0.5, 0.6) is 0 Å². The van der Waals surface area contributed by atoms with Gasteiger partial charge < -0.3 is 38.4 Å². The van der Waals surface area contributed by atoms with E-state index in [2.05, 4.69) is 14.8 Å². The molecule has 10 heteroatoms. The average Bonchev–Trinajstić information content (AvgIpc) is 3.42. The second-order valence-corrected chi connectivity index (χ2v) is 10.4. The summed E-state index contributed by atoms with van der Waals surface area (Å²) in [5.74, 6) is -0.426. The number of nitrogens with zero attached hydrogens (tertiary/aromatic N) is 3. The number of piperazine rings is 1. The zero-order valence-corrected chi connectivity index (χ0v) is 20.5. The molecular formula is C24H37N3O7. The van der Waals surface area contributed by atoms with E-state index in [9.17, 15) is 5.11 Å². The van der Waals surface area contributed by atoms with E-state index >= 15 is 0 Å². The van der Waals surface area contributed by atoms with Crippen molar-refractivity contribution >= 4 is 5.82 Å². The molecule has 1 aromatic rings. The molecule has 0 radical (unpaired) electrons. The molecule has 0 amide bonds. The Labute approximate surface area is 201 Å². The number of hydrogen-bond acceptors (Lipinski definition) is 10. The number of fused-ring (bicyclic) bond motifs is 1. The van der Waals surface area contributed by atoms with Crippen molar-refractivity contribution in [1.29, 1.82) is 0 Å². The molecule has 4 fully saturated rings. The fraction of sp³-hybridized carbons (Fsp3) is 0.792. The van der Waals surface area contributed by atoms with Crippen molar-refractivity contribution in [2.75, 3.05) is 50.8 Å². The van der Waals surface area contributed by atoms with E-state index in [1.165, 1.54) is 0 Å². The third kappa shape index (κ3) is 5.39. The molecule has 0 aliphatic carbocycles. The second-order valence-electron chi connectivity index (χ2n) is 10.4. The number of aliphatic hydroxyl groups is 1. The predicted octanol–water partition coefficient (Wildman–Crippen LogP) is 0.978. The largest absolute Gasteiger partial charge is 0.389 e. The first kappa shape index (κ1) is 24.3. The van der Waals surface area contributed by atoms with Gasteiger partial charge in [-0.15, -0.1) is 0 Å². The van der Waals surface area contributed by atoms with Crippen molar-refractivity contribution in [3.8, 4) is 0 Å². The molecule has 1 N–H and O–H groups in total. The smallest absolute Gasteiger partial charge is 0.190 e. The Bertz CT molecular complexity index is 818. The summed E-state index contributed by atoms with van der Waals surface area (Å²) >= 11 is 0. The Kier molecular flexibility index (Phi) is 6.86. The summed E-state index contributed by atoms with van der Waals surface area (Å²) in [6, 6.07) is 5.96. The molecule has 4 aliphatic heterocycles. The lowest BCUT2D eigenvalue weighted by Crippen LogP contribution is -2.50. The lowest BCUT2D eigenvalue weighted by atomic mass is 10.1. The highest BCUT2D eigenvalue weighted by molar-refractivity contribution is 5.38. The Morgan fingerprint density at radius 1 is 1.06 bits per heavy atom. The van der Waals surface area contributed by atoms with Crippen molar-refractivity contribution in [2.24, 2.45) is 0 Å². The number of anilines is 1. The van der Waals surface area contributed by atoms with Crippen LogP contribution in [0.4, 0.5) is 5.82 Å². The zero-order chi connectivity index (χ0) is 23.9. The molecule has 0 spiro atoms. The van der Waals surface area contributed by atoms with Gasteiger partial charge in [-0.25, -0.2) is 4.98 Å². The van der Waals surface area contributed by atoms with E-state index in [-0.39, 0.29) is 18.8 Å². The Morgan fingerprint density at radius 2 is 1.85 bits per heavy atom. The molecule has 0 unspecified atom stereocenters. The molecule has 0 aromatic carbocycles. The summed E-state index contributed by atoms with van der Waals surface area (Å²) < 4.78 is 36.2. The third-order valence-electron chi connectivity index (χ3n) is 6.72. The number of β-amino-alcohol motifs (C(OH)–C–C–N with tert-alkyl or cyclic N) is 1. The second kappa shape index (κ2) is 9.59. The Balaban J connectivity index is 1.14. The minimum atomic E-state index is -0.750. The molecule has 0 bridgehead atoms. The summed E-state index contributed by atoms with van der Waals surface area (Å²) in [6.45, 7) is 12.1. The van der Waals surface area contributed by atoms with Crippen molar-refractivity contribution in [3.63, 3.8) is 0 Å². The molecule has 5 heterocycles. The molecular weight excluding hydrogens is 442 g/mol. The standard InChI is InChI=1S/C24H37N3O7/c1-23(2)30-15-17(32-23)19-20(21-22(31-19)34-24(3,4)33-21)29-14-16(28)13-26-9-11-27(12-10-26)18-7-5-6-8-25-18/h5-8,16-17,19-22,28H,9-15H2,1-4H3/t16-,17+,19+,20-,21+,22+/m0/s1. The zero-order valence-electron chi connectivity index (χ0n) is 20.5. The van der Waals surface area contributed by atoms with Crippen LogP contribution in [0.25, 0.3) is 0 Å². The average molecular weight is 480 g/mol. The van der Waals surface area contributed by atoms with E-state index in [1.807, 2.05) is 52.1 Å². The van der Waals surface area contributed by atoms with Gasteiger partial charge in [0.05, 0.1) is 19.3 Å². The number of aliphatic hydroxyl groups excluding tert-OH is 1. The van der Waals surface area contributed by atoms with Gasteiger partial charge in [0.25, 0.3) is 0 Å². The van der Waals surface area contributed by atoms with Crippen LogP contribution in [-0.2, 0) is 28.4 Å². The fourth-order valence-electron chi connectivity index (χ4n) is 5.14. The lowest BCUT2D eigenvalue weighted by Gasteiger charge is -2.36. The van der Waals surface area contributed by atoms with Gasteiger partial charge in [0.2, 0.25) is 0 Å². The molecule has 6 atom stereocenters. The maximum atomic E-state index is 10.8. The van der Waals surface area contributed by atoms with Crippen molar-refractivity contribution < 1.29 is 33.5 Å². The molecule has 4 aliphatic rings. The number of ether oxygens (including phenoxy) is 6. The van der Waals surface area contributed by atoms with Gasteiger partial charge in [-0.1, -0.05) is 6.07 Å². The number of pyridine rings is 1. The molecule has 34 heavy (non-hydrogen) atoms. The van der Waals surface area contributed by atoms with Crippen LogP contribution >= 0.6 is 0 Å². The summed E-state index contributed by atoms with van der Waals surface area (Å²) in [4.78, 5) is 8.96. The van der Waals surface area contributed by atoms with Crippen LogP contribution in [-0.4, -0.2) is 109 Å². The van der Waals surface area contributed by atoms with Gasteiger partial charge in [-0.05, 0) is 39.8 Å². The van der Waals surface area contributed by atoms with Crippen LogP contribution < -0.4 is 4.90 Å². The topological polar surface area (TPSA) is 95.0 Å². The van der Waals surface area contributed by atoms with Crippen LogP contribution in [0.15, 0.2) is 24.4 Å². The highest BCUT2D eigenvalue weighted by atomic mass is 16.8. The minimum Gasteiger partial charge on any atom is -0.389 e. The van der Waals surface area contributed by atoms with Gasteiger partial charge in [-0.2, -0.15) is 0 Å². The minimum absolute atomic E-state index is 0.176. The quantitative estimate of drug-likeness (QED) is 0.610. The summed E-state index contributed by atoms with van der Waals surface area (Å²) in [6.07, 6.45) is -0.856. The van der Waals surface area contributed by atoms with Crippen molar-refractivity contribution in [2.45, 2.75) is 76.1 Å². The first-order valence-electron chi connectivity index (χ1n) is 12.2. The molecule has 190 valence electrons. The number of rotatable bonds is 7. The van der Waals surface area contributed by atoms with Gasteiger partial charge >= 0.3 is 0 Å². The van der Waals surface area contributed by atoms with Gasteiger partial charge in [-0.3, -0.25) is 4.90 Å². The highest BCUT2D eigenvalue weighted by Crippen LogP contribution is 2.42. The van der Waals surface area contributed by atoms with Gasteiger partial charge in [0, 0.05) is 38.9 Å². The Morgan fingerprint density at radius 3 is 2.53 bits per heavy atom. The summed E-state index contributed by atoms with van der Waals surface area (Å²) in [7, 11) is 0. The van der Waals surface area contributed by atoms with Crippen molar-refractivity contribution in [3.05, 3.63) is 24.4 Å². The molecule has 5 rings (SSSR count). The van der Waals surface area contributed by atoms with E-state index in [4.69, 9.17) is 28.4 Å². The number of hydrogen-bond donors (Lipinski definition) is 1.